The Bertz CT molecular complexity index is 233. The first-order valence-corrected chi connectivity index (χ1v) is 8.34. The van der Waals surface area contributed by atoms with E-state index < -0.39 is 9.04 Å². The van der Waals surface area contributed by atoms with E-state index in [0.29, 0.717) is 0 Å². The molecule has 0 amide bonds. The molecule has 1 rings (SSSR count). The molecule has 0 saturated heterocycles. The van der Waals surface area contributed by atoms with E-state index in [-0.39, 0.29) is 0 Å². The lowest BCUT2D eigenvalue weighted by molar-refractivity contribution is 0.580. The van der Waals surface area contributed by atoms with Crippen molar-refractivity contribution in [1.29, 1.82) is 0 Å². The van der Waals surface area contributed by atoms with Crippen LogP contribution in [-0.4, -0.2) is 9.04 Å². The van der Waals surface area contributed by atoms with Crippen molar-refractivity contribution in [2.24, 2.45) is 0 Å². The molecule has 0 N–H and O–H groups in total. The van der Waals surface area contributed by atoms with Gasteiger partial charge in [0.15, 0.2) is 0 Å². The second-order valence-electron chi connectivity index (χ2n) is 2.94. The SMILES string of the molecule is C[SiH](C)Oc1ccc(CI)cc1. The highest BCUT2D eigenvalue weighted by Crippen LogP contribution is 2.14. The standard InChI is InChI=1S/C9H13IOSi/c1-12(2)11-9-5-3-8(7-10)4-6-9/h3-6,12H,7H2,1-2H3. The normalized spacial score (nSPS) is 10.3. The van der Waals surface area contributed by atoms with Gasteiger partial charge in [0.05, 0.1) is 0 Å². The summed E-state index contributed by atoms with van der Waals surface area (Å²) in [5, 5.41) is 0. The first-order chi connectivity index (χ1) is 5.72. The Morgan fingerprint density at radius 3 is 2.25 bits per heavy atom. The second kappa shape index (κ2) is 4.86. The predicted molar refractivity (Wildman–Crippen MR) is 63.7 cm³/mol. The minimum atomic E-state index is -0.924. The van der Waals surface area contributed by atoms with E-state index in [1.54, 1.807) is 0 Å². The van der Waals surface area contributed by atoms with Crippen LogP contribution in [0, 0.1) is 0 Å². The highest BCUT2D eigenvalue weighted by molar-refractivity contribution is 14.1. The fraction of sp³-hybridized carbons (Fsp3) is 0.333. The lowest BCUT2D eigenvalue weighted by atomic mass is 10.2. The summed E-state index contributed by atoms with van der Waals surface area (Å²) in [5.41, 5.74) is 1.35. The number of rotatable bonds is 3. The molecule has 1 aromatic rings. The molecule has 0 fully saturated rings. The summed E-state index contributed by atoms with van der Waals surface area (Å²) >= 11 is 2.36. The van der Waals surface area contributed by atoms with Crippen LogP contribution in [0.1, 0.15) is 5.56 Å². The third-order valence-corrected chi connectivity index (χ3v) is 3.07. The van der Waals surface area contributed by atoms with Gasteiger partial charge in [0.25, 0.3) is 0 Å². The van der Waals surface area contributed by atoms with E-state index >= 15 is 0 Å². The van der Waals surface area contributed by atoms with E-state index in [9.17, 15) is 0 Å². The molecule has 0 aromatic heterocycles. The van der Waals surface area contributed by atoms with Gasteiger partial charge in [-0.3, -0.25) is 0 Å². The smallest absolute Gasteiger partial charge is 0.229 e. The van der Waals surface area contributed by atoms with Crippen molar-refractivity contribution >= 4 is 31.6 Å². The summed E-state index contributed by atoms with van der Waals surface area (Å²) in [7, 11) is -0.924. The lowest BCUT2D eigenvalue weighted by Crippen LogP contribution is -2.10. The maximum absolute atomic E-state index is 5.65. The molecule has 1 aromatic carbocycles. The third kappa shape index (κ3) is 3.14. The molecule has 0 aliphatic rings. The zero-order valence-electron chi connectivity index (χ0n) is 7.38. The predicted octanol–water partition coefficient (Wildman–Crippen LogP) is 2.98. The first kappa shape index (κ1) is 10.1. The summed E-state index contributed by atoms with van der Waals surface area (Å²) in [5.74, 6) is 1.02. The minimum absolute atomic E-state index is 0.924. The van der Waals surface area contributed by atoms with Gasteiger partial charge in [-0.15, -0.1) is 0 Å². The Kier molecular flexibility index (Phi) is 4.07. The van der Waals surface area contributed by atoms with Crippen molar-refractivity contribution in [3.63, 3.8) is 0 Å². The quantitative estimate of drug-likeness (QED) is 0.473. The largest absolute Gasteiger partial charge is 0.547 e. The Hall–Kier alpha value is -0.0331. The van der Waals surface area contributed by atoms with Crippen molar-refractivity contribution in [1.82, 2.24) is 0 Å². The molecule has 0 atom stereocenters. The molecule has 0 saturated carbocycles. The van der Waals surface area contributed by atoms with Crippen LogP contribution < -0.4 is 4.43 Å². The van der Waals surface area contributed by atoms with Gasteiger partial charge in [-0.1, -0.05) is 34.7 Å². The summed E-state index contributed by atoms with van der Waals surface area (Å²) in [6.45, 7) is 4.35. The maximum atomic E-state index is 5.65. The van der Waals surface area contributed by atoms with Crippen LogP contribution in [-0.2, 0) is 4.43 Å². The molecule has 12 heavy (non-hydrogen) atoms. The molecule has 3 heteroatoms. The maximum Gasteiger partial charge on any atom is 0.229 e. The van der Waals surface area contributed by atoms with E-state index in [2.05, 4.69) is 60.0 Å². The lowest BCUT2D eigenvalue weighted by Gasteiger charge is -2.08. The average Bonchev–Trinajstić information content (AvgIpc) is 2.05. The molecule has 1 nitrogen and oxygen atoms in total. The summed E-state index contributed by atoms with van der Waals surface area (Å²) < 4.78 is 6.72. The molecule has 0 aliphatic carbocycles. The van der Waals surface area contributed by atoms with Gasteiger partial charge < -0.3 is 4.43 Å². The number of hydrogen-bond donors (Lipinski definition) is 0. The zero-order chi connectivity index (χ0) is 8.97. The highest BCUT2D eigenvalue weighted by atomic mass is 127. The first-order valence-electron chi connectivity index (χ1n) is 4.04. The Labute approximate surface area is 89.0 Å². The van der Waals surface area contributed by atoms with Gasteiger partial charge in [0, 0.05) is 4.43 Å². The van der Waals surface area contributed by atoms with Gasteiger partial charge in [0.1, 0.15) is 5.75 Å². The second-order valence-corrected chi connectivity index (χ2v) is 6.04. The zero-order valence-corrected chi connectivity index (χ0v) is 10.7. The van der Waals surface area contributed by atoms with Gasteiger partial charge >= 0.3 is 0 Å². The molecular formula is C9H13IOSi. The van der Waals surface area contributed by atoms with E-state index in [1.807, 2.05) is 0 Å². The number of alkyl halides is 1. The Morgan fingerprint density at radius 1 is 1.25 bits per heavy atom. The van der Waals surface area contributed by atoms with Crippen LogP contribution in [0.15, 0.2) is 24.3 Å². The van der Waals surface area contributed by atoms with Gasteiger partial charge in [0.2, 0.25) is 9.04 Å². The van der Waals surface area contributed by atoms with Crippen LogP contribution in [0.2, 0.25) is 13.1 Å². The number of hydrogen-bond acceptors (Lipinski definition) is 1. The molecule has 0 spiro atoms. The molecule has 0 bridgehead atoms. The average molecular weight is 292 g/mol. The molecule has 0 heterocycles. The fourth-order valence-electron chi connectivity index (χ4n) is 0.929. The fourth-order valence-corrected chi connectivity index (χ4v) is 2.14. The number of halogens is 1. The summed E-state index contributed by atoms with van der Waals surface area (Å²) in [6.07, 6.45) is 0. The van der Waals surface area contributed by atoms with Crippen LogP contribution in [0.25, 0.3) is 0 Å². The molecule has 66 valence electrons. The van der Waals surface area contributed by atoms with Crippen LogP contribution in [0.3, 0.4) is 0 Å². The van der Waals surface area contributed by atoms with E-state index in [1.165, 1.54) is 5.56 Å². The highest BCUT2D eigenvalue weighted by Gasteiger charge is 1.97. The van der Waals surface area contributed by atoms with Crippen molar-refractivity contribution in [2.75, 3.05) is 0 Å². The third-order valence-electron chi connectivity index (χ3n) is 1.45. The van der Waals surface area contributed by atoms with E-state index in [4.69, 9.17) is 4.43 Å². The monoisotopic (exact) mass is 292 g/mol. The van der Waals surface area contributed by atoms with Crippen molar-refractivity contribution in [3.8, 4) is 5.75 Å². The van der Waals surface area contributed by atoms with E-state index in [0.717, 1.165) is 10.2 Å². The Morgan fingerprint density at radius 2 is 1.83 bits per heavy atom. The number of benzene rings is 1. The molecular weight excluding hydrogens is 279 g/mol. The minimum Gasteiger partial charge on any atom is -0.547 e. The molecule has 0 aliphatic heterocycles. The van der Waals surface area contributed by atoms with Crippen molar-refractivity contribution < 1.29 is 4.43 Å². The van der Waals surface area contributed by atoms with Crippen molar-refractivity contribution in [3.05, 3.63) is 29.8 Å². The summed E-state index contributed by atoms with van der Waals surface area (Å²) in [4.78, 5) is 0. The molecule has 0 radical (unpaired) electrons. The van der Waals surface area contributed by atoms with Crippen LogP contribution in [0.4, 0.5) is 0 Å². The van der Waals surface area contributed by atoms with Crippen molar-refractivity contribution in [2.45, 2.75) is 17.5 Å². The Balaban J connectivity index is 2.65. The van der Waals surface area contributed by atoms with Crippen LogP contribution >= 0.6 is 22.6 Å². The van der Waals surface area contributed by atoms with Gasteiger partial charge in [-0.05, 0) is 30.8 Å². The topological polar surface area (TPSA) is 9.23 Å². The van der Waals surface area contributed by atoms with Crippen LogP contribution in [0.5, 0.6) is 5.75 Å². The summed E-state index contributed by atoms with van der Waals surface area (Å²) in [6, 6.07) is 8.36. The molecule has 0 unspecified atom stereocenters. The van der Waals surface area contributed by atoms with Gasteiger partial charge in [-0.25, -0.2) is 0 Å². The van der Waals surface area contributed by atoms with Gasteiger partial charge in [-0.2, -0.15) is 0 Å².